The van der Waals surface area contributed by atoms with E-state index in [1.54, 1.807) is 30.1 Å². The van der Waals surface area contributed by atoms with E-state index in [9.17, 15) is 9.90 Å². The molecule has 0 bridgehead atoms. The van der Waals surface area contributed by atoms with Gasteiger partial charge >= 0.3 is 0 Å². The molecule has 0 radical (unpaired) electrons. The molecule has 1 saturated heterocycles. The summed E-state index contributed by atoms with van der Waals surface area (Å²) in [4.78, 5) is 29.4. The number of fused-ring (bicyclic) bond motifs is 1. The van der Waals surface area contributed by atoms with Crippen LogP contribution in [0.1, 0.15) is 42.7 Å². The lowest BCUT2D eigenvalue weighted by atomic mass is 10.0. The van der Waals surface area contributed by atoms with Crippen LogP contribution < -0.4 is 10.2 Å². The second-order valence-electron chi connectivity index (χ2n) is 12.8. The first-order valence-electron chi connectivity index (χ1n) is 15.1. The Balaban J connectivity index is 1.40. The molecule has 0 spiro atoms. The van der Waals surface area contributed by atoms with Crippen molar-refractivity contribution >= 4 is 28.6 Å². The minimum absolute atomic E-state index is 0.0607. The zero-order chi connectivity index (χ0) is 31.8. The second kappa shape index (κ2) is 12.6. The standard InChI is InChI=1S/C32H44FN9O2/c1-21-25(19-35-40(21)7)29-28(33)24(10-13-34-29)30(43)37-31-36-26-9-8-23(18-27(26)42(31)20-32(2,3)44)41-14-11-22(12-15-41)39(6)17-16-38(4)5/h8-10,13,18-19,22,44H,11-12,14-17,20H2,1-7H3,(H,36,37,43). The number of nitrogens with zero attached hydrogens (tertiary/aromatic N) is 8. The Morgan fingerprint density at radius 3 is 2.52 bits per heavy atom. The molecule has 236 valence electrons. The van der Waals surface area contributed by atoms with Gasteiger partial charge in [0.2, 0.25) is 5.95 Å². The molecule has 5 rings (SSSR count). The fourth-order valence-corrected chi connectivity index (χ4v) is 5.76. The van der Waals surface area contributed by atoms with Crippen LogP contribution in [0.2, 0.25) is 0 Å². The largest absolute Gasteiger partial charge is 0.389 e. The molecule has 0 unspecified atom stereocenters. The Morgan fingerprint density at radius 2 is 1.89 bits per heavy atom. The lowest BCUT2D eigenvalue weighted by Gasteiger charge is -2.38. The van der Waals surface area contributed by atoms with E-state index >= 15 is 4.39 Å². The molecule has 1 fully saturated rings. The van der Waals surface area contributed by atoms with Gasteiger partial charge in [-0.1, -0.05) is 0 Å². The Kier molecular flexibility index (Phi) is 9.05. The number of rotatable bonds is 10. The Hall–Kier alpha value is -3.87. The third-order valence-electron chi connectivity index (χ3n) is 8.48. The highest BCUT2D eigenvalue weighted by Gasteiger charge is 2.26. The van der Waals surface area contributed by atoms with Crippen LogP contribution in [0.5, 0.6) is 0 Å². The van der Waals surface area contributed by atoms with E-state index in [2.05, 4.69) is 68.4 Å². The predicted octanol–water partition coefficient (Wildman–Crippen LogP) is 3.76. The number of carbonyl (C=O) groups excluding carboxylic acids is 1. The van der Waals surface area contributed by atoms with Gasteiger partial charge in [-0.3, -0.25) is 19.8 Å². The van der Waals surface area contributed by atoms with Crippen LogP contribution in [0.15, 0.2) is 36.7 Å². The molecule has 3 aromatic heterocycles. The smallest absolute Gasteiger partial charge is 0.261 e. The number of carbonyl (C=O) groups is 1. The molecule has 12 heteroatoms. The summed E-state index contributed by atoms with van der Waals surface area (Å²) in [6, 6.07) is 7.95. The van der Waals surface area contributed by atoms with Crippen LogP contribution in [0.3, 0.4) is 0 Å². The number of hydrogen-bond donors (Lipinski definition) is 2. The highest BCUT2D eigenvalue weighted by molar-refractivity contribution is 6.05. The number of amides is 1. The van der Waals surface area contributed by atoms with Gasteiger partial charge in [0.25, 0.3) is 5.91 Å². The lowest BCUT2D eigenvalue weighted by molar-refractivity contribution is 0.0630. The van der Waals surface area contributed by atoms with Crippen molar-refractivity contribution in [1.82, 2.24) is 34.1 Å². The Morgan fingerprint density at radius 1 is 1.16 bits per heavy atom. The van der Waals surface area contributed by atoms with Gasteiger partial charge in [-0.25, -0.2) is 9.37 Å². The molecule has 1 aliphatic heterocycles. The fraction of sp³-hybridized carbons (Fsp3) is 0.500. The summed E-state index contributed by atoms with van der Waals surface area (Å²) in [5, 5.41) is 17.8. The molecule has 2 N–H and O–H groups in total. The van der Waals surface area contributed by atoms with Crippen LogP contribution in [0, 0.1) is 12.7 Å². The summed E-state index contributed by atoms with van der Waals surface area (Å²) >= 11 is 0. The zero-order valence-electron chi connectivity index (χ0n) is 26.8. The highest BCUT2D eigenvalue weighted by Crippen LogP contribution is 2.30. The van der Waals surface area contributed by atoms with Crippen molar-refractivity contribution in [3.63, 3.8) is 0 Å². The van der Waals surface area contributed by atoms with E-state index in [1.807, 2.05) is 13.0 Å². The molecule has 44 heavy (non-hydrogen) atoms. The number of aliphatic hydroxyl groups is 1. The first-order chi connectivity index (χ1) is 20.8. The number of anilines is 2. The average Bonchev–Trinajstić information content (AvgIpc) is 3.48. The Bertz CT molecular complexity index is 1630. The summed E-state index contributed by atoms with van der Waals surface area (Å²) < 4.78 is 19.1. The van der Waals surface area contributed by atoms with Crippen LogP contribution in [-0.4, -0.2) is 104 Å². The molecule has 4 heterocycles. The monoisotopic (exact) mass is 605 g/mol. The molecule has 0 aliphatic carbocycles. The summed E-state index contributed by atoms with van der Waals surface area (Å²) in [5.74, 6) is -1.15. The summed E-state index contributed by atoms with van der Waals surface area (Å²) in [6.07, 6.45) is 5.10. The highest BCUT2D eigenvalue weighted by atomic mass is 19.1. The molecule has 1 amide bonds. The number of imidazole rings is 1. The average molecular weight is 606 g/mol. The molecular weight excluding hydrogens is 561 g/mol. The molecule has 1 aliphatic rings. The SMILES string of the molecule is Cc1c(-c2nccc(C(=O)Nc3nc4ccc(N5CCC(N(C)CCN(C)C)CC5)cc4n3CC(C)(C)O)c2F)cnn1C. The molecular formula is C32H44FN9O2. The summed E-state index contributed by atoms with van der Waals surface area (Å²) in [5.41, 5.74) is 2.59. The van der Waals surface area contributed by atoms with E-state index in [0.29, 0.717) is 17.1 Å². The topological polar surface area (TPSA) is 108 Å². The number of aryl methyl sites for hydroxylation is 1. The van der Waals surface area contributed by atoms with Crippen LogP contribution >= 0.6 is 0 Å². The van der Waals surface area contributed by atoms with E-state index in [-0.39, 0.29) is 23.8 Å². The summed E-state index contributed by atoms with van der Waals surface area (Å²) in [7, 11) is 8.17. The van der Waals surface area contributed by atoms with Gasteiger partial charge in [0.05, 0.1) is 34.9 Å². The number of aromatic nitrogens is 5. The van der Waals surface area contributed by atoms with Gasteiger partial charge in [0.15, 0.2) is 5.82 Å². The van der Waals surface area contributed by atoms with Gasteiger partial charge in [-0.2, -0.15) is 5.10 Å². The van der Waals surface area contributed by atoms with Crippen molar-refractivity contribution in [2.24, 2.45) is 7.05 Å². The van der Waals surface area contributed by atoms with Gasteiger partial charge in [0, 0.05) is 62.4 Å². The van der Waals surface area contributed by atoms with Crippen molar-refractivity contribution in [2.75, 3.05) is 57.5 Å². The maximum Gasteiger partial charge on any atom is 0.261 e. The molecule has 0 saturated carbocycles. The van der Waals surface area contributed by atoms with E-state index in [0.717, 1.165) is 55.9 Å². The number of hydrogen-bond acceptors (Lipinski definition) is 8. The molecule has 4 aromatic rings. The minimum atomic E-state index is -1.09. The number of nitrogens with one attached hydrogen (secondary N) is 1. The van der Waals surface area contributed by atoms with Gasteiger partial charge in [-0.05, 0) is 79.0 Å². The molecule has 0 atom stereocenters. The van der Waals surface area contributed by atoms with Gasteiger partial charge in [-0.15, -0.1) is 0 Å². The number of pyridine rings is 1. The maximum atomic E-state index is 15.7. The number of piperidine rings is 1. The number of halogens is 1. The van der Waals surface area contributed by atoms with E-state index in [4.69, 9.17) is 0 Å². The van der Waals surface area contributed by atoms with Crippen LogP contribution in [0.25, 0.3) is 22.3 Å². The first-order valence-corrected chi connectivity index (χ1v) is 15.1. The van der Waals surface area contributed by atoms with Crippen molar-refractivity contribution in [3.05, 3.63) is 53.7 Å². The van der Waals surface area contributed by atoms with Gasteiger partial charge in [0.1, 0.15) is 5.69 Å². The molecule has 1 aromatic carbocycles. The van der Waals surface area contributed by atoms with Gasteiger partial charge < -0.3 is 24.4 Å². The van der Waals surface area contributed by atoms with Crippen molar-refractivity contribution in [3.8, 4) is 11.3 Å². The Labute approximate surface area is 258 Å². The predicted molar refractivity (Wildman–Crippen MR) is 172 cm³/mol. The number of likely N-dealkylation sites (N-methyl/N-ethyl adjacent to an activating group) is 2. The van der Waals surface area contributed by atoms with Crippen molar-refractivity contribution in [1.29, 1.82) is 0 Å². The van der Waals surface area contributed by atoms with Crippen LogP contribution in [0.4, 0.5) is 16.0 Å². The maximum absolute atomic E-state index is 15.7. The quantitative estimate of drug-likeness (QED) is 0.282. The first kappa shape index (κ1) is 31.6. The third kappa shape index (κ3) is 6.77. The van der Waals surface area contributed by atoms with Crippen molar-refractivity contribution in [2.45, 2.75) is 51.8 Å². The van der Waals surface area contributed by atoms with Crippen molar-refractivity contribution < 1.29 is 14.3 Å². The lowest BCUT2D eigenvalue weighted by Crippen LogP contribution is -2.45. The van der Waals surface area contributed by atoms with Crippen LogP contribution in [-0.2, 0) is 13.6 Å². The minimum Gasteiger partial charge on any atom is -0.389 e. The fourth-order valence-electron chi connectivity index (χ4n) is 5.76. The third-order valence-corrected chi connectivity index (χ3v) is 8.48. The normalized spacial score (nSPS) is 14.8. The second-order valence-corrected chi connectivity index (χ2v) is 12.8. The zero-order valence-corrected chi connectivity index (χ0v) is 26.8. The van der Waals surface area contributed by atoms with E-state index in [1.165, 1.54) is 18.5 Å². The van der Waals surface area contributed by atoms with E-state index < -0.39 is 17.3 Å². The summed E-state index contributed by atoms with van der Waals surface area (Å²) in [6.45, 7) is 9.36. The molecule has 11 nitrogen and oxygen atoms in total. The number of benzene rings is 1.